The molecule has 0 radical (unpaired) electrons. The lowest BCUT2D eigenvalue weighted by molar-refractivity contribution is 0.665. The summed E-state index contributed by atoms with van der Waals surface area (Å²) in [7, 11) is 0. The molecule has 0 aliphatic heterocycles. The topological polar surface area (TPSA) is 77.3 Å². The van der Waals surface area contributed by atoms with Gasteiger partial charge in [-0.3, -0.25) is 29.9 Å². The summed E-state index contributed by atoms with van der Waals surface area (Å²) in [5.74, 6) is 0.103. The summed E-state index contributed by atoms with van der Waals surface area (Å²) in [6, 6.07) is 92.9. The highest BCUT2D eigenvalue weighted by atomic mass is 79.9. The van der Waals surface area contributed by atoms with Gasteiger partial charge >= 0.3 is 0 Å². The third-order valence-electron chi connectivity index (χ3n) is 13.0. The van der Waals surface area contributed by atoms with Crippen LogP contribution in [-0.2, 0) is 11.8 Å². The van der Waals surface area contributed by atoms with Gasteiger partial charge in [0.15, 0.2) is 0 Å². The molecule has 0 saturated heterocycles. The zero-order valence-electron chi connectivity index (χ0n) is 42.8. The van der Waals surface area contributed by atoms with Crippen LogP contribution < -0.4 is 0 Å². The Morgan fingerprint density at radius 1 is 0.351 bits per heavy atom. The van der Waals surface area contributed by atoms with Gasteiger partial charge in [-0.1, -0.05) is 192 Å². The van der Waals surface area contributed by atoms with Crippen molar-refractivity contribution in [2.45, 2.75) is 24.7 Å². The van der Waals surface area contributed by atoms with Crippen LogP contribution >= 0.6 is 15.9 Å². The van der Waals surface area contributed by atoms with E-state index in [0.717, 1.165) is 61.7 Å². The van der Waals surface area contributed by atoms with E-state index >= 15 is 0 Å². The van der Waals surface area contributed by atoms with Gasteiger partial charge in [-0.15, -0.1) is 0 Å². The van der Waals surface area contributed by atoms with Crippen molar-refractivity contribution in [2.75, 3.05) is 0 Å². The van der Waals surface area contributed by atoms with Crippen molar-refractivity contribution in [1.82, 2.24) is 29.9 Å². The quantitative estimate of drug-likeness (QED) is 0.128. The minimum Gasteiger partial charge on any atom is -0.261 e. The molecule has 77 heavy (non-hydrogen) atoms. The standard InChI is InChI=1S/C24H20N2.C23H18N2.C12H11N.C11H8BrN/c1-24(20-11-3-2-4-12-20,23-15-6-8-17-26-23)21-13-9-10-19(18-21)22-14-5-7-16-25-22;1-2-9-18(10-3-1)23(22-14-5-7-16-25-22)20-12-8-11-19(17-20)21-13-4-6-15-24-21;1-2-6-11(7-3-1)10-12-8-4-5-9-13-12;12-10-5-3-4-9(8-10)11-6-1-2-7-13-11/h2-18H,1H3;1-17,23H;1-9H,10H2;1-8H. The van der Waals surface area contributed by atoms with Crippen LogP contribution in [0.4, 0.5) is 0 Å². The van der Waals surface area contributed by atoms with Crippen molar-refractivity contribution >= 4 is 15.9 Å². The average molecular weight is 1060 g/mol. The van der Waals surface area contributed by atoms with Crippen LogP contribution in [0.2, 0.25) is 0 Å². The molecule has 0 fully saturated rings. The normalized spacial score (nSPS) is 11.6. The molecule has 7 heteroatoms. The van der Waals surface area contributed by atoms with Crippen molar-refractivity contribution in [3.05, 3.63) is 360 Å². The molecular weight excluding hydrogens is 1000 g/mol. The van der Waals surface area contributed by atoms with Gasteiger partial charge in [-0.25, -0.2) is 0 Å². The van der Waals surface area contributed by atoms with E-state index in [2.05, 4.69) is 187 Å². The molecule has 0 aliphatic rings. The molecule has 6 nitrogen and oxygen atoms in total. The van der Waals surface area contributed by atoms with Crippen molar-refractivity contribution in [3.8, 4) is 33.8 Å². The highest BCUT2D eigenvalue weighted by molar-refractivity contribution is 9.10. The number of aromatic nitrogens is 6. The molecule has 6 aromatic carbocycles. The molecule has 6 heterocycles. The van der Waals surface area contributed by atoms with Gasteiger partial charge < -0.3 is 0 Å². The first-order valence-corrected chi connectivity index (χ1v) is 26.4. The van der Waals surface area contributed by atoms with Gasteiger partial charge in [-0.2, -0.15) is 0 Å². The molecule has 0 saturated carbocycles. The summed E-state index contributed by atoms with van der Waals surface area (Å²) in [6.07, 6.45) is 11.9. The summed E-state index contributed by atoms with van der Waals surface area (Å²) < 4.78 is 1.08. The zero-order chi connectivity index (χ0) is 52.7. The largest absolute Gasteiger partial charge is 0.261 e. The number of nitrogens with zero attached hydrogens (tertiary/aromatic N) is 6. The summed E-state index contributed by atoms with van der Waals surface area (Å²) >= 11 is 3.43. The Kier molecular flexibility index (Phi) is 18.6. The Hall–Kier alpha value is -9.30. The maximum atomic E-state index is 4.69. The average Bonchev–Trinajstić information content (AvgIpc) is 3.53. The van der Waals surface area contributed by atoms with Crippen LogP contribution in [0, 0.1) is 0 Å². The monoisotopic (exact) mass is 1060 g/mol. The second-order valence-electron chi connectivity index (χ2n) is 18.1. The zero-order valence-corrected chi connectivity index (χ0v) is 44.4. The molecule has 2 unspecified atom stereocenters. The summed E-state index contributed by atoms with van der Waals surface area (Å²) in [4.78, 5) is 26.8. The van der Waals surface area contributed by atoms with E-state index in [4.69, 9.17) is 4.98 Å². The maximum Gasteiger partial charge on any atom is 0.0702 e. The molecule has 2 atom stereocenters. The number of rotatable bonds is 11. The number of hydrogen-bond donors (Lipinski definition) is 0. The van der Waals surface area contributed by atoms with E-state index in [1.54, 1.807) is 6.20 Å². The lowest BCUT2D eigenvalue weighted by Gasteiger charge is -2.31. The van der Waals surface area contributed by atoms with Crippen LogP contribution in [0.5, 0.6) is 0 Å². The van der Waals surface area contributed by atoms with Crippen LogP contribution in [0.3, 0.4) is 0 Å². The van der Waals surface area contributed by atoms with Gasteiger partial charge in [0.05, 0.1) is 39.8 Å². The molecular formula is C70H57BrN6. The molecule has 12 rings (SSSR count). The van der Waals surface area contributed by atoms with Crippen LogP contribution in [0.15, 0.2) is 315 Å². The minimum atomic E-state index is -0.340. The highest BCUT2D eigenvalue weighted by Crippen LogP contribution is 2.39. The van der Waals surface area contributed by atoms with Crippen molar-refractivity contribution in [2.24, 2.45) is 0 Å². The van der Waals surface area contributed by atoms with E-state index in [1.807, 2.05) is 164 Å². The summed E-state index contributed by atoms with van der Waals surface area (Å²) in [5.41, 5.74) is 15.4. The number of benzene rings is 6. The SMILES string of the molecule is Brc1cccc(-c2ccccn2)c1.CC(c1ccccc1)(c1cccc(-c2ccccn2)c1)c1ccccn1.c1ccc(C(c2cccc(-c3ccccn3)c2)c2ccccn2)cc1.c1ccc(Cc2ccccn2)cc1. The summed E-state index contributed by atoms with van der Waals surface area (Å²) in [5, 5.41) is 0. The Morgan fingerprint density at radius 2 is 0.805 bits per heavy atom. The fourth-order valence-corrected chi connectivity index (χ4v) is 9.44. The predicted octanol–water partition coefficient (Wildman–Crippen LogP) is 17.0. The lowest BCUT2D eigenvalue weighted by Crippen LogP contribution is -2.26. The van der Waals surface area contributed by atoms with E-state index < -0.39 is 0 Å². The fraction of sp³-hybridized carbons (Fsp3) is 0.0571. The third kappa shape index (κ3) is 14.5. The number of pyridine rings is 6. The third-order valence-corrected chi connectivity index (χ3v) is 13.5. The van der Waals surface area contributed by atoms with Gasteiger partial charge in [0.1, 0.15) is 0 Å². The Balaban J connectivity index is 0.000000131. The minimum absolute atomic E-state index is 0.103. The smallest absolute Gasteiger partial charge is 0.0702 e. The van der Waals surface area contributed by atoms with Crippen molar-refractivity contribution < 1.29 is 0 Å². The van der Waals surface area contributed by atoms with Gasteiger partial charge in [0, 0.05) is 70.5 Å². The molecule has 374 valence electrons. The predicted molar refractivity (Wildman–Crippen MR) is 318 cm³/mol. The van der Waals surface area contributed by atoms with Crippen molar-refractivity contribution in [1.29, 1.82) is 0 Å². The van der Waals surface area contributed by atoms with Crippen LogP contribution in [-0.4, -0.2) is 29.9 Å². The second kappa shape index (κ2) is 27.3. The van der Waals surface area contributed by atoms with Crippen LogP contribution in [0.25, 0.3) is 33.8 Å². The Bertz CT molecular complexity index is 3480. The van der Waals surface area contributed by atoms with E-state index in [0.29, 0.717) is 0 Å². The van der Waals surface area contributed by atoms with Gasteiger partial charge in [0.2, 0.25) is 0 Å². The van der Waals surface area contributed by atoms with Gasteiger partial charge in [-0.05, 0) is 132 Å². The fourth-order valence-electron chi connectivity index (χ4n) is 9.04. The van der Waals surface area contributed by atoms with Gasteiger partial charge in [0.25, 0.3) is 0 Å². The number of halogens is 1. The summed E-state index contributed by atoms with van der Waals surface area (Å²) in [6.45, 7) is 2.24. The Labute approximate surface area is 461 Å². The first-order valence-electron chi connectivity index (χ1n) is 25.6. The molecule has 0 spiro atoms. The molecule has 0 bridgehead atoms. The lowest BCUT2D eigenvalue weighted by atomic mass is 9.73. The van der Waals surface area contributed by atoms with Crippen LogP contribution in [0.1, 0.15) is 57.7 Å². The first-order chi connectivity index (χ1) is 38.0. The highest BCUT2D eigenvalue weighted by Gasteiger charge is 2.32. The van der Waals surface area contributed by atoms with E-state index in [1.165, 1.54) is 27.8 Å². The molecule has 0 N–H and O–H groups in total. The molecule has 12 aromatic rings. The Morgan fingerprint density at radius 3 is 1.34 bits per heavy atom. The van der Waals surface area contributed by atoms with E-state index in [9.17, 15) is 0 Å². The molecule has 0 aliphatic carbocycles. The maximum absolute atomic E-state index is 4.69. The second-order valence-corrected chi connectivity index (χ2v) is 19.1. The van der Waals surface area contributed by atoms with E-state index in [-0.39, 0.29) is 11.3 Å². The molecule has 6 aromatic heterocycles. The molecule has 0 amide bonds. The first kappa shape index (κ1) is 52.6. The number of hydrogen-bond acceptors (Lipinski definition) is 6. The van der Waals surface area contributed by atoms with Crippen molar-refractivity contribution in [3.63, 3.8) is 0 Å².